The van der Waals surface area contributed by atoms with Gasteiger partial charge in [-0.05, 0) is 38.5 Å². The van der Waals surface area contributed by atoms with Crippen LogP contribution in [0.5, 0.6) is 0 Å². The van der Waals surface area contributed by atoms with Crippen molar-refractivity contribution in [2.24, 2.45) is 23.7 Å². The first kappa shape index (κ1) is 24.6. The van der Waals surface area contributed by atoms with E-state index in [1.165, 1.54) is 96.8 Å². The Bertz CT molecular complexity index is 497. The van der Waals surface area contributed by atoms with Crippen molar-refractivity contribution in [1.29, 1.82) is 0 Å². The summed E-state index contributed by atoms with van der Waals surface area (Å²) < 4.78 is 5.55. The molecule has 0 fully saturated rings. The van der Waals surface area contributed by atoms with E-state index in [1.807, 2.05) is 11.4 Å². The van der Waals surface area contributed by atoms with Gasteiger partial charge < -0.3 is 0 Å². The Hall–Kier alpha value is -0.660. The van der Waals surface area contributed by atoms with Gasteiger partial charge >= 0.3 is 0 Å². The lowest BCUT2D eigenvalue weighted by molar-refractivity contribution is -0.526. The van der Waals surface area contributed by atoms with Gasteiger partial charge in [0.15, 0.2) is 11.4 Å². The standard InChI is InChI=1S/C27H52N2/c1-7-18-28-20-22(9-3)24(11-5)26(28)16-14-13-15-17-27-25(12-6)23(10-4)21-29(27)19-8-2/h22-25H,7-21H2,1-6H3/q+2. The second-order valence-electron chi connectivity index (χ2n) is 9.80. The highest BCUT2D eigenvalue weighted by molar-refractivity contribution is 5.84. The monoisotopic (exact) mass is 404 g/mol. The molecular weight excluding hydrogens is 352 g/mol. The lowest BCUT2D eigenvalue weighted by Crippen LogP contribution is -2.21. The number of nitrogens with zero attached hydrogens (tertiary/aromatic N) is 2. The summed E-state index contributed by atoms with van der Waals surface area (Å²) in [4.78, 5) is 0. The number of hydrogen-bond donors (Lipinski definition) is 0. The maximum Gasteiger partial charge on any atom is 0.155 e. The molecule has 0 aromatic carbocycles. The van der Waals surface area contributed by atoms with Crippen molar-refractivity contribution in [2.45, 2.75) is 112 Å². The van der Waals surface area contributed by atoms with Gasteiger partial charge in [-0.1, -0.05) is 48.0 Å². The topological polar surface area (TPSA) is 6.02 Å². The Balaban J connectivity index is 1.89. The SMILES string of the molecule is CCC[N+]1=C(CCCCCC2=[N+](CCC)CC(CC)C2CC)C(CC)C(CC)C1. The molecular formula is C27H52N2+2. The van der Waals surface area contributed by atoms with Crippen LogP contribution in [0, 0.1) is 23.7 Å². The van der Waals surface area contributed by atoms with E-state index in [9.17, 15) is 0 Å². The van der Waals surface area contributed by atoms with E-state index in [1.54, 1.807) is 0 Å². The van der Waals surface area contributed by atoms with Crippen LogP contribution >= 0.6 is 0 Å². The minimum absolute atomic E-state index is 0.866. The van der Waals surface area contributed by atoms with Crippen molar-refractivity contribution < 1.29 is 9.15 Å². The zero-order valence-corrected chi connectivity index (χ0v) is 20.8. The van der Waals surface area contributed by atoms with Crippen LogP contribution in [0.4, 0.5) is 0 Å². The van der Waals surface area contributed by atoms with E-state index in [4.69, 9.17) is 0 Å². The fourth-order valence-electron chi connectivity index (χ4n) is 6.52. The van der Waals surface area contributed by atoms with Gasteiger partial charge in [-0.15, -0.1) is 0 Å². The zero-order valence-electron chi connectivity index (χ0n) is 20.8. The normalized spacial score (nSPS) is 27.5. The first-order valence-electron chi connectivity index (χ1n) is 13.4. The van der Waals surface area contributed by atoms with Crippen molar-refractivity contribution in [3.63, 3.8) is 0 Å². The molecule has 2 nitrogen and oxygen atoms in total. The molecule has 2 aliphatic heterocycles. The molecule has 29 heavy (non-hydrogen) atoms. The summed E-state index contributed by atoms with van der Waals surface area (Å²) in [6, 6.07) is 0. The molecule has 2 aliphatic rings. The van der Waals surface area contributed by atoms with Gasteiger partial charge in [-0.3, -0.25) is 0 Å². The third kappa shape index (κ3) is 6.17. The van der Waals surface area contributed by atoms with Crippen LogP contribution in [0.2, 0.25) is 0 Å². The van der Waals surface area contributed by atoms with E-state index < -0.39 is 0 Å². The van der Waals surface area contributed by atoms with Crippen LogP contribution in [0.15, 0.2) is 0 Å². The van der Waals surface area contributed by atoms with Crippen LogP contribution in [0.3, 0.4) is 0 Å². The molecule has 0 aromatic heterocycles. The molecule has 0 amide bonds. The van der Waals surface area contributed by atoms with Gasteiger partial charge in [-0.2, -0.15) is 0 Å². The first-order valence-corrected chi connectivity index (χ1v) is 13.4. The number of rotatable bonds is 14. The van der Waals surface area contributed by atoms with E-state index in [0.717, 1.165) is 23.7 Å². The molecule has 2 heterocycles. The van der Waals surface area contributed by atoms with Gasteiger partial charge in [-0.25, -0.2) is 9.15 Å². The Morgan fingerprint density at radius 3 is 1.31 bits per heavy atom. The van der Waals surface area contributed by atoms with Crippen molar-refractivity contribution in [1.82, 2.24) is 0 Å². The third-order valence-corrected chi connectivity index (χ3v) is 8.00. The fourth-order valence-corrected chi connectivity index (χ4v) is 6.52. The Kier molecular flexibility index (Phi) is 10.9. The Labute approximate surface area is 182 Å². The molecule has 0 saturated carbocycles. The molecule has 4 atom stereocenters. The van der Waals surface area contributed by atoms with Gasteiger partial charge in [0.2, 0.25) is 0 Å². The maximum atomic E-state index is 2.77. The van der Waals surface area contributed by atoms with E-state index in [0.29, 0.717) is 0 Å². The van der Waals surface area contributed by atoms with Crippen molar-refractivity contribution >= 4 is 11.4 Å². The third-order valence-electron chi connectivity index (χ3n) is 8.00. The number of unbranched alkanes of at least 4 members (excludes halogenated alkanes) is 2. The highest BCUT2D eigenvalue weighted by Crippen LogP contribution is 2.31. The molecule has 0 aliphatic carbocycles. The molecule has 4 unspecified atom stereocenters. The molecule has 2 rings (SSSR count). The smallest absolute Gasteiger partial charge is 0.155 e. The molecule has 2 heteroatoms. The average Bonchev–Trinajstić information content (AvgIpc) is 3.25. The van der Waals surface area contributed by atoms with Crippen LogP contribution in [-0.2, 0) is 0 Å². The van der Waals surface area contributed by atoms with Crippen molar-refractivity contribution in [3.8, 4) is 0 Å². The predicted molar refractivity (Wildman–Crippen MR) is 129 cm³/mol. The lowest BCUT2D eigenvalue weighted by Gasteiger charge is -2.14. The predicted octanol–water partition coefficient (Wildman–Crippen LogP) is 6.80. The molecule has 0 saturated heterocycles. The summed E-state index contributed by atoms with van der Waals surface area (Å²) in [5.41, 5.74) is 3.64. The quantitative estimate of drug-likeness (QED) is 0.222. The van der Waals surface area contributed by atoms with Crippen LogP contribution < -0.4 is 0 Å². The summed E-state index contributed by atoms with van der Waals surface area (Å²) in [5.74, 6) is 3.56. The van der Waals surface area contributed by atoms with Crippen molar-refractivity contribution in [3.05, 3.63) is 0 Å². The zero-order chi connectivity index (χ0) is 21.2. The summed E-state index contributed by atoms with van der Waals surface area (Å²) >= 11 is 0. The summed E-state index contributed by atoms with van der Waals surface area (Å²) in [6.45, 7) is 19.5. The van der Waals surface area contributed by atoms with Gasteiger partial charge in [0.25, 0.3) is 0 Å². The second kappa shape index (κ2) is 12.9. The summed E-state index contributed by atoms with van der Waals surface area (Å²) in [6.07, 6.45) is 14.9. The van der Waals surface area contributed by atoms with Gasteiger partial charge in [0, 0.05) is 49.4 Å². The molecule has 0 radical (unpaired) electrons. The average molecular weight is 405 g/mol. The fraction of sp³-hybridized carbons (Fsp3) is 0.926. The minimum Gasteiger partial charge on any atom is -0.236 e. The van der Waals surface area contributed by atoms with Crippen LogP contribution in [-0.4, -0.2) is 46.8 Å². The highest BCUT2D eigenvalue weighted by atomic mass is 15.0. The number of hydrogen-bond acceptors (Lipinski definition) is 0. The minimum atomic E-state index is 0.866. The molecule has 168 valence electrons. The van der Waals surface area contributed by atoms with Crippen LogP contribution in [0.1, 0.15) is 112 Å². The summed E-state index contributed by atoms with van der Waals surface area (Å²) in [7, 11) is 0. The van der Waals surface area contributed by atoms with Gasteiger partial charge in [0.1, 0.15) is 26.2 Å². The molecule has 0 bridgehead atoms. The molecule has 0 spiro atoms. The second-order valence-corrected chi connectivity index (χ2v) is 9.80. The Morgan fingerprint density at radius 1 is 0.586 bits per heavy atom. The molecule has 0 N–H and O–H groups in total. The van der Waals surface area contributed by atoms with Crippen LogP contribution in [0.25, 0.3) is 0 Å². The summed E-state index contributed by atoms with van der Waals surface area (Å²) in [5, 5.41) is 0. The highest BCUT2D eigenvalue weighted by Gasteiger charge is 2.39. The van der Waals surface area contributed by atoms with Crippen molar-refractivity contribution in [2.75, 3.05) is 26.2 Å². The van der Waals surface area contributed by atoms with E-state index in [-0.39, 0.29) is 0 Å². The van der Waals surface area contributed by atoms with E-state index in [2.05, 4.69) is 50.7 Å². The first-order chi connectivity index (χ1) is 14.1. The largest absolute Gasteiger partial charge is 0.236 e. The Morgan fingerprint density at radius 2 is 1.00 bits per heavy atom. The van der Waals surface area contributed by atoms with E-state index >= 15 is 0 Å². The lowest BCUT2D eigenvalue weighted by atomic mass is 9.84. The molecule has 0 aromatic rings. The maximum absolute atomic E-state index is 2.77. The van der Waals surface area contributed by atoms with Gasteiger partial charge in [0.05, 0.1) is 0 Å².